The van der Waals surface area contributed by atoms with Crippen LogP contribution in [0, 0.1) is 0 Å². The number of aliphatic carboxylic acids is 1. The maximum atomic E-state index is 10.6. The van der Waals surface area contributed by atoms with Gasteiger partial charge in [0.1, 0.15) is 0 Å². The summed E-state index contributed by atoms with van der Waals surface area (Å²) in [4.78, 5) is 14.2. The van der Waals surface area contributed by atoms with E-state index in [-0.39, 0.29) is 0 Å². The fourth-order valence-electron chi connectivity index (χ4n) is 2.51. The van der Waals surface area contributed by atoms with E-state index in [4.69, 9.17) is 5.11 Å². The van der Waals surface area contributed by atoms with Gasteiger partial charge in [-0.25, -0.2) is 4.79 Å². The molecular formula is C16H15NO2S. The van der Waals surface area contributed by atoms with Crippen molar-refractivity contribution in [1.29, 1.82) is 0 Å². The maximum absolute atomic E-state index is 10.6. The Labute approximate surface area is 121 Å². The van der Waals surface area contributed by atoms with Crippen LogP contribution in [-0.2, 0) is 24.4 Å². The monoisotopic (exact) mass is 285 g/mol. The summed E-state index contributed by atoms with van der Waals surface area (Å²) >= 11 is 1.68. The van der Waals surface area contributed by atoms with Crippen molar-refractivity contribution in [2.24, 2.45) is 0 Å². The summed E-state index contributed by atoms with van der Waals surface area (Å²) in [6.45, 7) is 2.80. The molecule has 0 bridgehead atoms. The fourth-order valence-corrected chi connectivity index (χ4v) is 3.42. The van der Waals surface area contributed by atoms with Crippen molar-refractivity contribution in [1.82, 2.24) is 4.90 Å². The van der Waals surface area contributed by atoms with Gasteiger partial charge in [-0.2, -0.15) is 0 Å². The molecule has 0 radical (unpaired) electrons. The first-order valence-electron chi connectivity index (χ1n) is 6.49. The average Bonchev–Trinajstić information content (AvgIpc) is 3.02. The molecule has 0 unspecified atom stereocenters. The molecule has 3 rings (SSSR count). The first kappa shape index (κ1) is 13.1. The Morgan fingerprint density at radius 1 is 1.25 bits per heavy atom. The minimum Gasteiger partial charge on any atom is -0.478 e. The third kappa shape index (κ3) is 2.81. The molecule has 0 amide bonds. The molecule has 1 aromatic heterocycles. The van der Waals surface area contributed by atoms with Gasteiger partial charge in [0.2, 0.25) is 0 Å². The standard InChI is InChI=1S/C16H15NO2S/c18-16(19)6-5-12-7-8-20-15(12)11-17-9-13-3-1-2-4-14(13)10-17/h1-8H,9-11H2,(H,18,19). The van der Waals surface area contributed by atoms with Gasteiger partial charge in [-0.15, -0.1) is 11.3 Å². The zero-order chi connectivity index (χ0) is 13.9. The second-order valence-corrected chi connectivity index (χ2v) is 5.89. The number of carboxylic acid groups (broad SMARTS) is 1. The number of carboxylic acids is 1. The molecule has 1 aliphatic rings. The zero-order valence-electron chi connectivity index (χ0n) is 11.0. The highest BCUT2D eigenvalue weighted by Gasteiger charge is 2.19. The van der Waals surface area contributed by atoms with E-state index in [2.05, 4.69) is 29.2 Å². The third-order valence-electron chi connectivity index (χ3n) is 3.46. The Bertz CT molecular complexity index is 635. The molecule has 0 aliphatic carbocycles. The summed E-state index contributed by atoms with van der Waals surface area (Å²) in [5.41, 5.74) is 3.80. The van der Waals surface area contributed by atoms with Crippen LogP contribution in [-0.4, -0.2) is 16.0 Å². The predicted octanol–water partition coefficient (Wildman–Crippen LogP) is 3.36. The quantitative estimate of drug-likeness (QED) is 0.876. The Morgan fingerprint density at radius 3 is 2.60 bits per heavy atom. The average molecular weight is 285 g/mol. The first-order valence-corrected chi connectivity index (χ1v) is 7.37. The van der Waals surface area contributed by atoms with Crippen LogP contribution in [0.5, 0.6) is 0 Å². The molecule has 4 heteroatoms. The maximum Gasteiger partial charge on any atom is 0.328 e. The van der Waals surface area contributed by atoms with Crippen molar-refractivity contribution in [3.63, 3.8) is 0 Å². The molecule has 0 saturated carbocycles. The highest BCUT2D eigenvalue weighted by Crippen LogP contribution is 2.27. The van der Waals surface area contributed by atoms with Crippen molar-refractivity contribution >= 4 is 23.4 Å². The number of hydrogen-bond acceptors (Lipinski definition) is 3. The van der Waals surface area contributed by atoms with Crippen LogP contribution in [0.15, 0.2) is 41.8 Å². The smallest absolute Gasteiger partial charge is 0.328 e. The van der Waals surface area contributed by atoms with Gasteiger partial charge >= 0.3 is 5.97 Å². The highest BCUT2D eigenvalue weighted by molar-refractivity contribution is 7.10. The zero-order valence-corrected chi connectivity index (χ0v) is 11.8. The van der Waals surface area contributed by atoms with E-state index in [0.717, 1.165) is 25.2 Å². The van der Waals surface area contributed by atoms with Crippen LogP contribution in [0.1, 0.15) is 21.6 Å². The molecule has 1 aromatic carbocycles. The molecule has 3 nitrogen and oxygen atoms in total. The summed E-state index contributed by atoms with van der Waals surface area (Å²) < 4.78 is 0. The number of hydrogen-bond donors (Lipinski definition) is 1. The lowest BCUT2D eigenvalue weighted by molar-refractivity contribution is -0.131. The Hall–Kier alpha value is -1.91. The molecule has 20 heavy (non-hydrogen) atoms. The summed E-state index contributed by atoms with van der Waals surface area (Å²) in [5, 5.41) is 10.7. The van der Waals surface area contributed by atoms with Gasteiger partial charge in [-0.3, -0.25) is 4.90 Å². The molecule has 102 valence electrons. The van der Waals surface area contributed by atoms with Crippen LogP contribution in [0.2, 0.25) is 0 Å². The van der Waals surface area contributed by atoms with Crippen molar-refractivity contribution in [3.8, 4) is 0 Å². The van der Waals surface area contributed by atoms with Crippen molar-refractivity contribution < 1.29 is 9.90 Å². The van der Waals surface area contributed by atoms with Gasteiger partial charge in [-0.05, 0) is 34.2 Å². The molecule has 0 atom stereocenters. The summed E-state index contributed by atoms with van der Waals surface area (Å²) in [5.74, 6) is -0.907. The summed E-state index contributed by atoms with van der Waals surface area (Å²) in [6.07, 6.45) is 2.88. The van der Waals surface area contributed by atoms with Gasteiger partial charge < -0.3 is 5.11 Å². The van der Waals surface area contributed by atoms with Gasteiger partial charge in [0, 0.05) is 30.6 Å². The number of fused-ring (bicyclic) bond motifs is 1. The number of benzene rings is 1. The van der Waals surface area contributed by atoms with E-state index in [9.17, 15) is 4.79 Å². The molecule has 0 saturated heterocycles. The van der Waals surface area contributed by atoms with Crippen LogP contribution in [0.25, 0.3) is 6.08 Å². The lowest BCUT2D eigenvalue weighted by Crippen LogP contribution is -2.15. The minimum atomic E-state index is -0.907. The number of carbonyl (C=O) groups is 1. The van der Waals surface area contributed by atoms with Crippen molar-refractivity contribution in [2.45, 2.75) is 19.6 Å². The largest absolute Gasteiger partial charge is 0.478 e. The molecule has 0 spiro atoms. The van der Waals surface area contributed by atoms with E-state index < -0.39 is 5.97 Å². The van der Waals surface area contributed by atoms with Crippen LogP contribution in [0.4, 0.5) is 0 Å². The normalized spacial score (nSPS) is 14.8. The predicted molar refractivity (Wildman–Crippen MR) is 80.4 cm³/mol. The van der Waals surface area contributed by atoms with Gasteiger partial charge in [-0.1, -0.05) is 24.3 Å². The van der Waals surface area contributed by atoms with E-state index in [1.54, 1.807) is 17.4 Å². The van der Waals surface area contributed by atoms with E-state index in [1.165, 1.54) is 22.1 Å². The molecule has 2 heterocycles. The van der Waals surface area contributed by atoms with E-state index in [1.807, 2.05) is 11.4 Å². The molecule has 2 aromatic rings. The van der Waals surface area contributed by atoms with E-state index >= 15 is 0 Å². The Morgan fingerprint density at radius 2 is 1.95 bits per heavy atom. The van der Waals surface area contributed by atoms with Crippen LogP contribution in [0.3, 0.4) is 0 Å². The Kier molecular flexibility index (Phi) is 3.67. The second-order valence-electron chi connectivity index (χ2n) is 4.88. The number of rotatable bonds is 4. The lowest BCUT2D eigenvalue weighted by Gasteiger charge is -2.14. The lowest BCUT2D eigenvalue weighted by atomic mass is 10.1. The topological polar surface area (TPSA) is 40.5 Å². The minimum absolute atomic E-state index is 0.867. The summed E-state index contributed by atoms with van der Waals surface area (Å²) in [7, 11) is 0. The number of thiophene rings is 1. The van der Waals surface area contributed by atoms with Crippen LogP contribution >= 0.6 is 11.3 Å². The Balaban J connectivity index is 1.71. The highest BCUT2D eigenvalue weighted by atomic mass is 32.1. The molecule has 0 fully saturated rings. The molecule has 1 N–H and O–H groups in total. The summed E-state index contributed by atoms with van der Waals surface area (Å²) in [6, 6.07) is 10.5. The SMILES string of the molecule is O=C(O)C=Cc1ccsc1CN1Cc2ccccc2C1. The second kappa shape index (κ2) is 5.61. The third-order valence-corrected chi connectivity index (χ3v) is 4.38. The fraction of sp³-hybridized carbons (Fsp3) is 0.188. The molecular weight excluding hydrogens is 270 g/mol. The number of nitrogens with zero attached hydrogens (tertiary/aromatic N) is 1. The van der Waals surface area contributed by atoms with Gasteiger partial charge in [0.15, 0.2) is 0 Å². The van der Waals surface area contributed by atoms with E-state index in [0.29, 0.717) is 0 Å². The van der Waals surface area contributed by atoms with Crippen molar-refractivity contribution in [2.75, 3.05) is 0 Å². The van der Waals surface area contributed by atoms with Gasteiger partial charge in [0.05, 0.1) is 0 Å². The van der Waals surface area contributed by atoms with Crippen LogP contribution < -0.4 is 0 Å². The van der Waals surface area contributed by atoms with Gasteiger partial charge in [0.25, 0.3) is 0 Å². The van der Waals surface area contributed by atoms with Crippen molar-refractivity contribution in [3.05, 3.63) is 63.4 Å². The molecule has 1 aliphatic heterocycles. The first-order chi connectivity index (χ1) is 9.72.